The van der Waals surface area contributed by atoms with Crippen molar-refractivity contribution in [2.75, 3.05) is 13.1 Å². The number of hydrogen-bond acceptors (Lipinski definition) is 2. The monoisotopic (exact) mass is 283 g/mol. The average Bonchev–Trinajstić information content (AvgIpc) is 2.39. The van der Waals surface area contributed by atoms with Crippen LogP contribution in [0.4, 0.5) is 0 Å². The van der Waals surface area contributed by atoms with Gasteiger partial charge in [0, 0.05) is 12.1 Å². The van der Waals surface area contributed by atoms with E-state index in [1.165, 1.54) is 37.0 Å². The van der Waals surface area contributed by atoms with E-state index in [9.17, 15) is 9.59 Å². The summed E-state index contributed by atoms with van der Waals surface area (Å²) in [6.45, 7) is 7.68. The molecule has 0 aliphatic heterocycles. The van der Waals surface area contributed by atoms with E-state index >= 15 is 0 Å². The number of carbonyl (C=O) groups is 2. The third-order valence-electron chi connectivity index (χ3n) is 3.26. The predicted octanol–water partition coefficient (Wildman–Crippen LogP) is 3.62. The highest BCUT2D eigenvalue weighted by molar-refractivity contribution is 5.93. The molecular formula is C16H29NO3. The summed E-state index contributed by atoms with van der Waals surface area (Å²) < 4.78 is 0. The molecule has 4 heteroatoms. The number of nitrogens with zero attached hydrogens (tertiary/aromatic N) is 1. The highest BCUT2D eigenvalue weighted by Gasteiger charge is 2.16. The summed E-state index contributed by atoms with van der Waals surface area (Å²) in [5, 5.41) is 8.81. The van der Waals surface area contributed by atoms with Gasteiger partial charge in [0.2, 0.25) is 5.91 Å². The molecule has 1 amide bonds. The molecule has 0 bridgehead atoms. The van der Waals surface area contributed by atoms with Crippen molar-refractivity contribution in [3.05, 3.63) is 12.2 Å². The second-order valence-corrected chi connectivity index (χ2v) is 5.38. The standard InChI is InChI=1S/C16H29NO3/c1-4-5-6-7-8-9-10-11-12-17(13-15(18)19)16(20)14(2)3/h2,4-13H2,1,3H3,(H,18,19). The minimum atomic E-state index is -0.973. The molecule has 0 saturated heterocycles. The van der Waals surface area contributed by atoms with Gasteiger partial charge in [0.05, 0.1) is 0 Å². The Morgan fingerprint density at radius 3 is 1.95 bits per heavy atom. The molecule has 20 heavy (non-hydrogen) atoms. The quantitative estimate of drug-likeness (QED) is 0.439. The van der Waals surface area contributed by atoms with Crippen molar-refractivity contribution < 1.29 is 14.7 Å². The SMILES string of the molecule is C=C(C)C(=O)N(CCCCCCCCCC)CC(=O)O. The lowest BCUT2D eigenvalue weighted by molar-refractivity contribution is -0.143. The fourth-order valence-corrected chi connectivity index (χ4v) is 2.12. The first-order valence-electron chi connectivity index (χ1n) is 7.65. The van der Waals surface area contributed by atoms with Gasteiger partial charge in [0.1, 0.15) is 6.54 Å². The summed E-state index contributed by atoms with van der Waals surface area (Å²) in [6, 6.07) is 0. The van der Waals surface area contributed by atoms with Crippen LogP contribution in [-0.2, 0) is 9.59 Å². The lowest BCUT2D eigenvalue weighted by Crippen LogP contribution is -2.36. The van der Waals surface area contributed by atoms with Gasteiger partial charge >= 0.3 is 5.97 Å². The Morgan fingerprint density at radius 1 is 1.00 bits per heavy atom. The highest BCUT2D eigenvalue weighted by Crippen LogP contribution is 2.09. The summed E-state index contributed by atoms with van der Waals surface area (Å²) >= 11 is 0. The molecule has 116 valence electrons. The van der Waals surface area contributed by atoms with Crippen molar-refractivity contribution >= 4 is 11.9 Å². The van der Waals surface area contributed by atoms with Crippen LogP contribution in [0.3, 0.4) is 0 Å². The molecule has 4 nitrogen and oxygen atoms in total. The summed E-state index contributed by atoms with van der Waals surface area (Å²) in [6.07, 6.45) is 9.44. The van der Waals surface area contributed by atoms with Crippen LogP contribution in [0.1, 0.15) is 65.2 Å². The van der Waals surface area contributed by atoms with Crippen molar-refractivity contribution in [1.29, 1.82) is 0 Å². The molecule has 0 saturated carbocycles. The molecule has 0 aliphatic rings. The van der Waals surface area contributed by atoms with Gasteiger partial charge in [-0.25, -0.2) is 0 Å². The molecule has 0 aromatic heterocycles. The summed E-state index contributed by atoms with van der Waals surface area (Å²) in [5.74, 6) is -1.23. The molecule has 0 aromatic rings. The van der Waals surface area contributed by atoms with Crippen molar-refractivity contribution in [1.82, 2.24) is 4.90 Å². The van der Waals surface area contributed by atoms with Gasteiger partial charge in [0.15, 0.2) is 0 Å². The number of aliphatic carboxylic acids is 1. The van der Waals surface area contributed by atoms with Crippen molar-refractivity contribution in [2.45, 2.75) is 65.2 Å². The molecule has 0 rings (SSSR count). The van der Waals surface area contributed by atoms with Crippen LogP contribution >= 0.6 is 0 Å². The van der Waals surface area contributed by atoms with E-state index < -0.39 is 5.97 Å². The minimum absolute atomic E-state index is 0.234. The molecule has 0 fully saturated rings. The normalized spacial score (nSPS) is 10.3. The maximum Gasteiger partial charge on any atom is 0.323 e. The van der Waals surface area contributed by atoms with Crippen molar-refractivity contribution in [3.8, 4) is 0 Å². The lowest BCUT2D eigenvalue weighted by atomic mass is 10.1. The van der Waals surface area contributed by atoms with Crippen LogP contribution in [0.25, 0.3) is 0 Å². The van der Waals surface area contributed by atoms with E-state index in [0.717, 1.165) is 19.3 Å². The second-order valence-electron chi connectivity index (χ2n) is 5.38. The van der Waals surface area contributed by atoms with E-state index in [0.29, 0.717) is 12.1 Å². The predicted molar refractivity (Wildman–Crippen MR) is 81.6 cm³/mol. The third kappa shape index (κ3) is 9.59. The fourth-order valence-electron chi connectivity index (χ4n) is 2.12. The van der Waals surface area contributed by atoms with Gasteiger partial charge in [-0.15, -0.1) is 0 Å². The van der Waals surface area contributed by atoms with Gasteiger partial charge in [-0.3, -0.25) is 9.59 Å². The maximum absolute atomic E-state index is 11.8. The number of rotatable bonds is 12. The zero-order valence-electron chi connectivity index (χ0n) is 13.0. The Morgan fingerprint density at radius 2 is 1.50 bits per heavy atom. The molecule has 0 spiro atoms. The Balaban J connectivity index is 3.82. The van der Waals surface area contributed by atoms with E-state index in [1.54, 1.807) is 6.92 Å². The smallest absolute Gasteiger partial charge is 0.323 e. The molecule has 0 heterocycles. The van der Waals surface area contributed by atoms with Crippen molar-refractivity contribution in [2.24, 2.45) is 0 Å². The number of carbonyl (C=O) groups excluding carboxylic acids is 1. The number of carboxylic acids is 1. The highest BCUT2D eigenvalue weighted by atomic mass is 16.4. The van der Waals surface area contributed by atoms with Crippen molar-refractivity contribution in [3.63, 3.8) is 0 Å². The molecule has 0 atom stereocenters. The van der Waals surface area contributed by atoms with Gasteiger partial charge in [-0.2, -0.15) is 0 Å². The Kier molecular flexibility index (Phi) is 10.7. The molecule has 0 unspecified atom stereocenters. The number of amides is 1. The first-order chi connectivity index (χ1) is 9.49. The van der Waals surface area contributed by atoms with Crippen LogP contribution in [0.2, 0.25) is 0 Å². The van der Waals surface area contributed by atoms with E-state index in [-0.39, 0.29) is 12.5 Å². The van der Waals surface area contributed by atoms with Crippen LogP contribution < -0.4 is 0 Å². The molecule has 0 aliphatic carbocycles. The zero-order valence-corrected chi connectivity index (χ0v) is 13.0. The van der Waals surface area contributed by atoms with E-state index in [4.69, 9.17) is 5.11 Å². The van der Waals surface area contributed by atoms with Gasteiger partial charge < -0.3 is 10.0 Å². The van der Waals surface area contributed by atoms with Crippen LogP contribution in [0.15, 0.2) is 12.2 Å². The first-order valence-corrected chi connectivity index (χ1v) is 7.65. The Hall–Kier alpha value is -1.32. The van der Waals surface area contributed by atoms with Crippen LogP contribution in [-0.4, -0.2) is 35.0 Å². The first kappa shape index (κ1) is 18.7. The second kappa shape index (κ2) is 11.5. The number of carboxylic acid groups (broad SMARTS) is 1. The molecule has 0 aromatic carbocycles. The Labute approximate surface area is 122 Å². The van der Waals surface area contributed by atoms with Crippen LogP contribution in [0.5, 0.6) is 0 Å². The number of unbranched alkanes of at least 4 members (excludes halogenated alkanes) is 7. The minimum Gasteiger partial charge on any atom is -0.480 e. The molecular weight excluding hydrogens is 254 g/mol. The topological polar surface area (TPSA) is 57.6 Å². The van der Waals surface area contributed by atoms with Gasteiger partial charge in [-0.05, 0) is 13.3 Å². The average molecular weight is 283 g/mol. The van der Waals surface area contributed by atoms with Crippen LogP contribution in [0, 0.1) is 0 Å². The summed E-state index contributed by atoms with van der Waals surface area (Å²) in [7, 11) is 0. The van der Waals surface area contributed by atoms with Gasteiger partial charge in [-0.1, -0.05) is 58.4 Å². The van der Waals surface area contributed by atoms with E-state index in [1.807, 2.05) is 0 Å². The number of hydrogen-bond donors (Lipinski definition) is 1. The third-order valence-corrected chi connectivity index (χ3v) is 3.26. The fraction of sp³-hybridized carbons (Fsp3) is 0.750. The molecule has 0 radical (unpaired) electrons. The van der Waals surface area contributed by atoms with Gasteiger partial charge in [0.25, 0.3) is 0 Å². The summed E-state index contributed by atoms with van der Waals surface area (Å²) in [4.78, 5) is 23.9. The summed E-state index contributed by atoms with van der Waals surface area (Å²) in [5.41, 5.74) is 0.394. The lowest BCUT2D eigenvalue weighted by Gasteiger charge is -2.20. The maximum atomic E-state index is 11.8. The zero-order chi connectivity index (χ0) is 15.4. The largest absolute Gasteiger partial charge is 0.480 e. The Bertz CT molecular complexity index is 313. The molecule has 1 N–H and O–H groups in total. The van der Waals surface area contributed by atoms with E-state index in [2.05, 4.69) is 13.5 Å².